The molecule has 0 unspecified atom stereocenters. The average Bonchev–Trinajstić information content (AvgIpc) is 2.15. The molecule has 15 heavy (non-hydrogen) atoms. The predicted octanol–water partition coefficient (Wildman–Crippen LogP) is 2.88. The summed E-state index contributed by atoms with van der Waals surface area (Å²) in [5, 5.41) is 3.35. The van der Waals surface area contributed by atoms with Crippen molar-refractivity contribution in [3.8, 4) is 0 Å². The van der Waals surface area contributed by atoms with E-state index in [4.69, 9.17) is 0 Å². The topological polar surface area (TPSA) is 12.0 Å². The quantitative estimate of drug-likeness (QED) is 0.796. The Hall–Kier alpha value is -0.820. The van der Waals surface area contributed by atoms with Gasteiger partial charge in [-0.05, 0) is 38.3 Å². The Morgan fingerprint density at radius 3 is 2.67 bits per heavy atom. The molecule has 1 aliphatic carbocycles. The minimum absolute atomic E-state index is 0.417. The summed E-state index contributed by atoms with van der Waals surface area (Å²) in [5.74, 6) is 0.888. The van der Waals surface area contributed by atoms with Crippen LogP contribution in [0.15, 0.2) is 24.3 Å². The molecule has 0 saturated heterocycles. The van der Waals surface area contributed by atoms with Crippen LogP contribution in [0.4, 0.5) is 0 Å². The number of nitrogens with one attached hydrogen (secondary N) is 1. The molecule has 2 rings (SSSR count). The fourth-order valence-corrected chi connectivity index (χ4v) is 3.07. The Balaban J connectivity index is 2.26. The zero-order valence-corrected chi connectivity index (χ0v) is 10.0. The maximum absolute atomic E-state index is 3.35. The van der Waals surface area contributed by atoms with Crippen molar-refractivity contribution in [1.82, 2.24) is 5.32 Å². The minimum atomic E-state index is 0.417. The lowest BCUT2D eigenvalue weighted by molar-refractivity contribution is 0.155. The third-order valence-corrected chi connectivity index (χ3v) is 3.62. The summed E-state index contributed by atoms with van der Waals surface area (Å²) in [6, 6.07) is 9.00. The van der Waals surface area contributed by atoms with Crippen LogP contribution >= 0.6 is 0 Å². The van der Waals surface area contributed by atoms with Crippen molar-refractivity contribution in [1.29, 1.82) is 0 Å². The van der Waals surface area contributed by atoms with Gasteiger partial charge in [-0.2, -0.15) is 0 Å². The third kappa shape index (κ3) is 1.93. The smallest absolute Gasteiger partial charge is 0.00828 e. The monoisotopic (exact) mass is 203 g/mol. The molecule has 1 saturated carbocycles. The summed E-state index contributed by atoms with van der Waals surface area (Å²) in [6.07, 6.45) is 2.66. The summed E-state index contributed by atoms with van der Waals surface area (Å²) in [7, 11) is 2.06. The second-order valence-corrected chi connectivity index (χ2v) is 5.19. The van der Waals surface area contributed by atoms with Gasteiger partial charge in [0.1, 0.15) is 0 Å². The van der Waals surface area contributed by atoms with Gasteiger partial charge in [0.05, 0.1) is 0 Å². The predicted molar refractivity (Wildman–Crippen MR) is 65.2 cm³/mol. The molecule has 1 N–H and O–H groups in total. The lowest BCUT2D eigenvalue weighted by Gasteiger charge is -2.47. The molecule has 1 aromatic rings. The van der Waals surface area contributed by atoms with E-state index in [9.17, 15) is 0 Å². The first-order valence-electron chi connectivity index (χ1n) is 5.88. The van der Waals surface area contributed by atoms with E-state index in [1.165, 1.54) is 24.0 Å². The molecule has 1 aliphatic rings. The first kappa shape index (κ1) is 10.7. The number of rotatable bonds is 3. The van der Waals surface area contributed by atoms with Crippen LogP contribution in [0.1, 0.15) is 30.9 Å². The van der Waals surface area contributed by atoms with Crippen LogP contribution in [0.25, 0.3) is 0 Å². The van der Waals surface area contributed by atoms with Crippen molar-refractivity contribution >= 4 is 0 Å². The highest BCUT2D eigenvalue weighted by molar-refractivity contribution is 5.32. The lowest BCUT2D eigenvalue weighted by atomic mass is 9.59. The molecule has 0 atom stereocenters. The Labute approximate surface area is 92.9 Å². The van der Waals surface area contributed by atoms with Crippen molar-refractivity contribution in [3.05, 3.63) is 35.4 Å². The molecule has 1 aromatic carbocycles. The van der Waals surface area contributed by atoms with Gasteiger partial charge in [0.15, 0.2) is 0 Å². The van der Waals surface area contributed by atoms with Gasteiger partial charge in [-0.1, -0.05) is 36.8 Å². The Kier molecular flexibility index (Phi) is 2.83. The molecule has 0 bridgehead atoms. The Bertz CT molecular complexity index is 331. The molecule has 1 heteroatoms. The maximum atomic E-state index is 3.35. The van der Waals surface area contributed by atoms with Crippen molar-refractivity contribution in [2.45, 2.75) is 32.1 Å². The second-order valence-electron chi connectivity index (χ2n) is 5.19. The van der Waals surface area contributed by atoms with Crippen molar-refractivity contribution in [2.24, 2.45) is 5.92 Å². The van der Waals surface area contributed by atoms with Gasteiger partial charge in [-0.25, -0.2) is 0 Å². The Morgan fingerprint density at radius 1 is 1.40 bits per heavy atom. The van der Waals surface area contributed by atoms with Gasteiger partial charge in [0.25, 0.3) is 0 Å². The molecule has 0 radical (unpaired) electrons. The van der Waals surface area contributed by atoms with Crippen molar-refractivity contribution in [2.75, 3.05) is 13.6 Å². The van der Waals surface area contributed by atoms with E-state index >= 15 is 0 Å². The molecule has 0 amide bonds. The van der Waals surface area contributed by atoms with E-state index in [-0.39, 0.29) is 0 Å². The van der Waals surface area contributed by atoms with Crippen LogP contribution < -0.4 is 5.32 Å². The van der Waals surface area contributed by atoms with E-state index in [2.05, 4.69) is 50.5 Å². The highest BCUT2D eigenvalue weighted by atomic mass is 14.8. The molecular weight excluding hydrogens is 182 g/mol. The lowest BCUT2D eigenvalue weighted by Crippen LogP contribution is -2.47. The summed E-state index contributed by atoms with van der Waals surface area (Å²) < 4.78 is 0. The number of hydrogen-bond donors (Lipinski definition) is 1. The van der Waals surface area contributed by atoms with Gasteiger partial charge in [0, 0.05) is 12.0 Å². The van der Waals surface area contributed by atoms with Crippen LogP contribution in [-0.2, 0) is 5.41 Å². The maximum Gasteiger partial charge on any atom is 0.00828 e. The Morgan fingerprint density at radius 2 is 2.13 bits per heavy atom. The summed E-state index contributed by atoms with van der Waals surface area (Å²) in [4.78, 5) is 0. The van der Waals surface area contributed by atoms with Gasteiger partial charge in [-0.15, -0.1) is 0 Å². The number of benzene rings is 1. The van der Waals surface area contributed by atoms with Crippen LogP contribution in [0.5, 0.6) is 0 Å². The second kappa shape index (κ2) is 3.97. The molecule has 0 aromatic heterocycles. The molecule has 0 aliphatic heterocycles. The van der Waals surface area contributed by atoms with Crippen LogP contribution in [-0.4, -0.2) is 13.6 Å². The van der Waals surface area contributed by atoms with Crippen molar-refractivity contribution in [3.63, 3.8) is 0 Å². The van der Waals surface area contributed by atoms with E-state index in [1.54, 1.807) is 0 Å². The zero-order chi connectivity index (χ0) is 10.9. The summed E-state index contributed by atoms with van der Waals surface area (Å²) in [5.41, 5.74) is 3.32. The largest absolute Gasteiger partial charge is 0.319 e. The van der Waals surface area contributed by atoms with E-state index < -0.39 is 0 Å². The standard InChI is InChI=1S/C14H21N/c1-11-5-4-6-13(7-11)14(10-15-3)8-12(2)9-14/h4-7,12,15H,8-10H2,1-3H3. The first-order valence-corrected chi connectivity index (χ1v) is 5.88. The minimum Gasteiger partial charge on any atom is -0.319 e. The van der Waals surface area contributed by atoms with Gasteiger partial charge in [-0.3, -0.25) is 0 Å². The molecule has 0 spiro atoms. The summed E-state index contributed by atoms with van der Waals surface area (Å²) >= 11 is 0. The first-order chi connectivity index (χ1) is 7.16. The zero-order valence-electron chi connectivity index (χ0n) is 10.0. The number of hydrogen-bond acceptors (Lipinski definition) is 1. The van der Waals surface area contributed by atoms with Gasteiger partial charge >= 0.3 is 0 Å². The van der Waals surface area contributed by atoms with Crippen molar-refractivity contribution < 1.29 is 0 Å². The number of aryl methyl sites for hydroxylation is 1. The van der Waals surface area contributed by atoms with Crippen LogP contribution in [0, 0.1) is 12.8 Å². The molecule has 1 nitrogen and oxygen atoms in total. The van der Waals surface area contributed by atoms with Crippen LogP contribution in [0.3, 0.4) is 0 Å². The van der Waals surface area contributed by atoms with E-state index in [0.29, 0.717) is 5.41 Å². The normalized spacial score (nSPS) is 29.9. The highest BCUT2D eigenvalue weighted by Crippen LogP contribution is 2.47. The molecular formula is C14H21N. The van der Waals surface area contributed by atoms with Gasteiger partial charge in [0.2, 0.25) is 0 Å². The van der Waals surface area contributed by atoms with Gasteiger partial charge < -0.3 is 5.32 Å². The molecule has 82 valence electrons. The van der Waals surface area contributed by atoms with E-state index in [1.807, 2.05) is 0 Å². The summed E-state index contributed by atoms with van der Waals surface area (Å²) in [6.45, 7) is 5.64. The fraction of sp³-hybridized carbons (Fsp3) is 0.571. The third-order valence-electron chi connectivity index (χ3n) is 3.62. The highest BCUT2D eigenvalue weighted by Gasteiger charge is 2.42. The SMILES string of the molecule is CNCC1(c2cccc(C)c2)CC(C)C1. The number of likely N-dealkylation sites (N-methyl/N-ethyl adjacent to an activating group) is 1. The molecule has 1 fully saturated rings. The fourth-order valence-electron chi connectivity index (χ4n) is 3.07. The molecule has 0 heterocycles. The average molecular weight is 203 g/mol. The van der Waals surface area contributed by atoms with E-state index in [0.717, 1.165) is 12.5 Å². The van der Waals surface area contributed by atoms with Crippen LogP contribution in [0.2, 0.25) is 0 Å².